The lowest BCUT2D eigenvalue weighted by Crippen LogP contribution is -2.06. The van der Waals surface area contributed by atoms with Crippen LogP contribution in [0.25, 0.3) is 10.6 Å². The van der Waals surface area contributed by atoms with Crippen molar-refractivity contribution in [3.05, 3.63) is 50.6 Å². The van der Waals surface area contributed by atoms with Gasteiger partial charge in [-0.25, -0.2) is 4.98 Å². The van der Waals surface area contributed by atoms with Crippen molar-refractivity contribution in [2.75, 3.05) is 5.43 Å². The number of halogens is 2. The van der Waals surface area contributed by atoms with E-state index in [-0.39, 0.29) is 6.10 Å². The van der Waals surface area contributed by atoms with E-state index in [1.807, 2.05) is 36.7 Å². The zero-order chi connectivity index (χ0) is 17.8. The molecule has 2 heterocycles. The second-order valence-electron chi connectivity index (χ2n) is 5.37. The topological polar surface area (TPSA) is 46.5 Å². The van der Waals surface area contributed by atoms with Crippen molar-refractivity contribution < 1.29 is 4.74 Å². The monoisotopic (exact) mass is 411 g/mol. The number of ether oxygens (including phenoxy) is 1. The Hall–Kier alpha value is -1.60. The van der Waals surface area contributed by atoms with E-state index in [2.05, 4.69) is 15.5 Å². The van der Waals surface area contributed by atoms with Crippen molar-refractivity contribution in [3.8, 4) is 16.3 Å². The molecular formula is C17H15Cl2N3OS2. The second kappa shape index (κ2) is 8.19. The minimum atomic E-state index is -0.00127. The van der Waals surface area contributed by atoms with Crippen LogP contribution in [0.1, 0.15) is 19.4 Å². The Morgan fingerprint density at radius 2 is 2.00 bits per heavy atom. The third kappa shape index (κ3) is 4.73. The number of anilines is 1. The Labute approximate surface area is 164 Å². The lowest BCUT2D eigenvalue weighted by molar-refractivity contribution is 0.243. The number of thiophene rings is 1. The summed E-state index contributed by atoms with van der Waals surface area (Å²) < 4.78 is 5.61. The highest BCUT2D eigenvalue weighted by Gasteiger charge is 2.10. The van der Waals surface area contributed by atoms with Gasteiger partial charge in [0.2, 0.25) is 5.13 Å². The summed E-state index contributed by atoms with van der Waals surface area (Å²) in [4.78, 5) is 5.63. The van der Waals surface area contributed by atoms with Crippen LogP contribution in [0, 0.1) is 0 Å². The molecule has 0 fully saturated rings. The number of nitrogens with one attached hydrogen (secondary N) is 1. The van der Waals surface area contributed by atoms with Gasteiger partial charge in [-0.15, -0.1) is 22.7 Å². The lowest BCUT2D eigenvalue weighted by Gasteiger charge is -2.13. The Morgan fingerprint density at radius 1 is 1.24 bits per heavy atom. The Kier molecular flexibility index (Phi) is 5.96. The maximum Gasteiger partial charge on any atom is 0.203 e. The third-order valence-electron chi connectivity index (χ3n) is 3.03. The van der Waals surface area contributed by atoms with Crippen LogP contribution < -0.4 is 10.2 Å². The van der Waals surface area contributed by atoms with E-state index >= 15 is 0 Å². The summed E-state index contributed by atoms with van der Waals surface area (Å²) in [5.74, 6) is 0.490. The fraction of sp³-hybridized carbons (Fsp3) is 0.176. The molecule has 8 heteroatoms. The number of thiazole rings is 1. The normalized spacial score (nSPS) is 11.4. The predicted octanol–water partition coefficient (Wildman–Crippen LogP) is 6.41. The van der Waals surface area contributed by atoms with Gasteiger partial charge in [-0.3, -0.25) is 5.43 Å². The molecule has 0 aliphatic heterocycles. The molecule has 0 saturated heterocycles. The molecule has 3 aromatic rings. The van der Waals surface area contributed by atoms with Gasteiger partial charge in [0, 0.05) is 5.38 Å². The van der Waals surface area contributed by atoms with Gasteiger partial charge < -0.3 is 4.74 Å². The standard InChI is InChI=1S/C17H15Cl2N3OS2/c1-10(2)23-16-12(18)6-11(7-13(16)19)8-20-22-17-21-14(9-25-17)15-4-3-5-24-15/h3-10H,1-2H3,(H,21,22)/b20-8-. The van der Waals surface area contributed by atoms with Crippen LogP contribution in [-0.2, 0) is 0 Å². The van der Waals surface area contributed by atoms with Crippen molar-refractivity contribution in [1.82, 2.24) is 4.98 Å². The van der Waals surface area contributed by atoms with Gasteiger partial charge >= 0.3 is 0 Å². The number of hydrazone groups is 1. The summed E-state index contributed by atoms with van der Waals surface area (Å²) in [6.45, 7) is 3.84. The van der Waals surface area contributed by atoms with Crippen LogP contribution in [0.5, 0.6) is 5.75 Å². The minimum Gasteiger partial charge on any atom is -0.488 e. The number of hydrogen-bond acceptors (Lipinski definition) is 6. The highest BCUT2D eigenvalue weighted by molar-refractivity contribution is 7.15. The average molecular weight is 412 g/mol. The maximum atomic E-state index is 6.23. The zero-order valence-electron chi connectivity index (χ0n) is 13.5. The van der Waals surface area contributed by atoms with Crippen LogP contribution in [0.15, 0.2) is 40.1 Å². The van der Waals surface area contributed by atoms with Crippen molar-refractivity contribution in [1.29, 1.82) is 0 Å². The molecule has 0 aliphatic carbocycles. The Morgan fingerprint density at radius 3 is 2.64 bits per heavy atom. The van der Waals surface area contributed by atoms with Gasteiger partial charge in [-0.2, -0.15) is 5.10 Å². The first-order chi connectivity index (χ1) is 12.0. The molecule has 0 aliphatic rings. The molecule has 1 aromatic carbocycles. The minimum absolute atomic E-state index is 0.00127. The number of benzene rings is 1. The molecule has 0 atom stereocenters. The van der Waals surface area contributed by atoms with Crippen LogP contribution in [0.2, 0.25) is 10.0 Å². The summed E-state index contributed by atoms with van der Waals surface area (Å²) >= 11 is 15.6. The van der Waals surface area contributed by atoms with Gasteiger partial charge in [0.15, 0.2) is 5.75 Å². The van der Waals surface area contributed by atoms with Crippen LogP contribution in [-0.4, -0.2) is 17.3 Å². The van der Waals surface area contributed by atoms with Crippen molar-refractivity contribution in [2.45, 2.75) is 20.0 Å². The predicted molar refractivity (Wildman–Crippen MR) is 109 cm³/mol. The van der Waals surface area contributed by atoms with Gasteiger partial charge in [0.05, 0.1) is 32.9 Å². The molecular weight excluding hydrogens is 397 g/mol. The van der Waals surface area contributed by atoms with Gasteiger partial charge in [-0.05, 0) is 43.0 Å². The molecule has 0 amide bonds. The number of hydrogen-bond donors (Lipinski definition) is 1. The first-order valence-electron chi connectivity index (χ1n) is 7.47. The Balaban J connectivity index is 1.68. The first-order valence-corrected chi connectivity index (χ1v) is 9.98. The molecule has 1 N–H and O–H groups in total. The van der Waals surface area contributed by atoms with Gasteiger partial charge in [0.1, 0.15) is 0 Å². The summed E-state index contributed by atoms with van der Waals surface area (Å²) in [5.41, 5.74) is 4.64. The fourth-order valence-electron chi connectivity index (χ4n) is 2.03. The quantitative estimate of drug-likeness (QED) is 0.376. The Bertz CT molecular complexity index is 853. The molecule has 0 saturated carbocycles. The van der Waals surface area contributed by atoms with E-state index in [1.54, 1.807) is 29.7 Å². The number of rotatable bonds is 6. The third-order valence-corrected chi connectivity index (χ3v) is 5.23. The van der Waals surface area contributed by atoms with E-state index < -0.39 is 0 Å². The van der Waals surface area contributed by atoms with E-state index in [4.69, 9.17) is 27.9 Å². The SMILES string of the molecule is CC(C)Oc1c(Cl)cc(/C=N\Nc2nc(-c3cccs3)cs2)cc1Cl. The molecule has 0 unspecified atom stereocenters. The molecule has 2 aromatic heterocycles. The molecule has 130 valence electrons. The van der Waals surface area contributed by atoms with Crippen LogP contribution in [0.3, 0.4) is 0 Å². The molecule has 4 nitrogen and oxygen atoms in total. The van der Waals surface area contributed by atoms with E-state index in [0.717, 1.165) is 21.3 Å². The molecule has 0 bridgehead atoms. The molecule has 25 heavy (non-hydrogen) atoms. The molecule has 0 spiro atoms. The maximum absolute atomic E-state index is 6.23. The van der Waals surface area contributed by atoms with Gasteiger partial charge in [0.25, 0.3) is 0 Å². The number of nitrogens with zero attached hydrogens (tertiary/aromatic N) is 2. The summed E-state index contributed by atoms with van der Waals surface area (Å²) in [7, 11) is 0. The summed E-state index contributed by atoms with van der Waals surface area (Å²) in [5, 5.41) is 9.85. The lowest BCUT2D eigenvalue weighted by atomic mass is 10.2. The van der Waals surface area contributed by atoms with Crippen molar-refractivity contribution in [2.24, 2.45) is 5.10 Å². The molecule has 3 rings (SSSR count). The highest BCUT2D eigenvalue weighted by Crippen LogP contribution is 2.34. The summed E-state index contributed by atoms with van der Waals surface area (Å²) in [6.07, 6.45) is 1.64. The largest absolute Gasteiger partial charge is 0.488 e. The smallest absolute Gasteiger partial charge is 0.203 e. The highest BCUT2D eigenvalue weighted by atomic mass is 35.5. The first kappa shape index (κ1) is 18.2. The summed E-state index contributed by atoms with van der Waals surface area (Å²) in [6, 6.07) is 7.56. The van der Waals surface area contributed by atoms with Crippen LogP contribution >= 0.6 is 45.9 Å². The van der Waals surface area contributed by atoms with E-state index in [0.29, 0.717) is 15.8 Å². The van der Waals surface area contributed by atoms with E-state index in [1.165, 1.54) is 11.3 Å². The molecule has 0 radical (unpaired) electrons. The van der Waals surface area contributed by atoms with Gasteiger partial charge in [-0.1, -0.05) is 29.3 Å². The second-order valence-corrected chi connectivity index (χ2v) is 7.99. The fourth-order valence-corrected chi connectivity index (χ4v) is 4.04. The van der Waals surface area contributed by atoms with Crippen LogP contribution in [0.4, 0.5) is 5.13 Å². The average Bonchev–Trinajstić information content (AvgIpc) is 3.22. The van der Waals surface area contributed by atoms with Crippen molar-refractivity contribution in [3.63, 3.8) is 0 Å². The van der Waals surface area contributed by atoms with E-state index in [9.17, 15) is 0 Å². The zero-order valence-corrected chi connectivity index (χ0v) is 16.6. The number of aromatic nitrogens is 1. The van der Waals surface area contributed by atoms with Crippen molar-refractivity contribution >= 4 is 57.2 Å².